The number of rotatable bonds is 7. The van der Waals surface area contributed by atoms with Gasteiger partial charge in [0.1, 0.15) is 5.76 Å². The van der Waals surface area contributed by atoms with Crippen LogP contribution in [-0.2, 0) is 11.3 Å². The smallest absolute Gasteiger partial charge is 0.267 e. The molecular weight excluding hydrogens is 450 g/mol. The molecule has 9 heteroatoms. The van der Waals surface area contributed by atoms with Gasteiger partial charge in [0.2, 0.25) is 11.7 Å². The van der Waals surface area contributed by atoms with Gasteiger partial charge in [-0.3, -0.25) is 14.0 Å². The van der Waals surface area contributed by atoms with Crippen molar-refractivity contribution in [3.63, 3.8) is 0 Å². The van der Waals surface area contributed by atoms with E-state index in [0.717, 1.165) is 11.3 Å². The van der Waals surface area contributed by atoms with Crippen LogP contribution in [0.25, 0.3) is 22.4 Å². The topological polar surface area (TPSA) is 94.4 Å². The number of hydrogen-bond acceptors (Lipinski definition) is 6. The number of nitrogens with one attached hydrogen (secondary N) is 1. The summed E-state index contributed by atoms with van der Waals surface area (Å²) >= 11 is 1.27. The molecule has 0 radical (unpaired) electrons. The van der Waals surface area contributed by atoms with E-state index in [1.54, 1.807) is 29.0 Å². The predicted octanol–water partition coefficient (Wildman–Crippen LogP) is 4.16. The van der Waals surface area contributed by atoms with Gasteiger partial charge >= 0.3 is 0 Å². The summed E-state index contributed by atoms with van der Waals surface area (Å²) < 4.78 is 8.71. The summed E-state index contributed by atoms with van der Waals surface area (Å²) in [5.41, 5.74) is 2.36. The third-order valence-corrected chi connectivity index (χ3v) is 6.50. The second kappa shape index (κ2) is 9.18. The van der Waals surface area contributed by atoms with Crippen LogP contribution in [0.2, 0.25) is 0 Å². The Bertz CT molecular complexity index is 1540. The fraction of sp³-hybridized carbons (Fsp3) is 0.200. The van der Waals surface area contributed by atoms with Gasteiger partial charge in [-0.05, 0) is 41.8 Å². The third kappa shape index (κ3) is 3.99. The number of benzene rings is 2. The van der Waals surface area contributed by atoms with Crippen LogP contribution in [0.3, 0.4) is 0 Å². The summed E-state index contributed by atoms with van der Waals surface area (Å²) in [7, 11) is 0. The standard InChI is InChI=1S/C25H23N5O3S/c1-16(2)18-9-3-5-11-20(18)29-23(32)19-10-4-6-12-21(19)30-24(29)27-28-25(30)34-15-22(31)26-14-17-8-7-13-33-17/h3-13,16H,14-15H2,1-2H3,(H,26,31). The van der Waals surface area contributed by atoms with Crippen molar-refractivity contribution in [3.8, 4) is 5.69 Å². The van der Waals surface area contributed by atoms with E-state index < -0.39 is 0 Å². The van der Waals surface area contributed by atoms with Crippen molar-refractivity contribution in [3.05, 3.63) is 88.6 Å². The fourth-order valence-corrected chi connectivity index (χ4v) is 4.72. The molecule has 0 unspecified atom stereocenters. The highest BCUT2D eigenvalue weighted by molar-refractivity contribution is 7.99. The molecular formula is C25H23N5O3S. The number of thioether (sulfide) groups is 1. The number of hydrogen-bond donors (Lipinski definition) is 1. The van der Waals surface area contributed by atoms with Gasteiger partial charge in [-0.25, -0.2) is 4.57 Å². The van der Waals surface area contributed by atoms with Gasteiger partial charge in [0, 0.05) is 0 Å². The van der Waals surface area contributed by atoms with Crippen molar-refractivity contribution in [2.75, 3.05) is 5.75 Å². The first-order chi connectivity index (χ1) is 16.5. The maximum atomic E-state index is 13.6. The third-order valence-electron chi connectivity index (χ3n) is 5.57. The zero-order chi connectivity index (χ0) is 23.7. The van der Waals surface area contributed by atoms with Crippen LogP contribution >= 0.6 is 11.8 Å². The average molecular weight is 474 g/mol. The molecule has 0 aliphatic carbocycles. The first kappa shape index (κ1) is 22.0. The van der Waals surface area contributed by atoms with Crippen molar-refractivity contribution in [1.82, 2.24) is 24.5 Å². The molecule has 0 saturated heterocycles. The lowest BCUT2D eigenvalue weighted by Gasteiger charge is -2.16. The highest BCUT2D eigenvalue weighted by Gasteiger charge is 2.20. The van der Waals surface area contributed by atoms with Crippen LogP contribution in [0.4, 0.5) is 0 Å². The van der Waals surface area contributed by atoms with E-state index in [1.165, 1.54) is 11.8 Å². The second-order valence-corrected chi connectivity index (χ2v) is 9.08. The number of nitrogens with zero attached hydrogens (tertiary/aromatic N) is 4. The molecule has 8 nitrogen and oxygen atoms in total. The number of para-hydroxylation sites is 2. The lowest BCUT2D eigenvalue weighted by molar-refractivity contribution is -0.118. The minimum absolute atomic E-state index is 0.150. The van der Waals surface area contributed by atoms with Crippen LogP contribution in [0.5, 0.6) is 0 Å². The minimum atomic E-state index is -0.156. The quantitative estimate of drug-likeness (QED) is 0.357. The molecule has 3 aromatic heterocycles. The maximum Gasteiger partial charge on any atom is 0.267 e. The molecule has 0 fully saturated rings. The lowest BCUT2D eigenvalue weighted by Crippen LogP contribution is -2.24. The van der Waals surface area contributed by atoms with Gasteiger partial charge in [-0.2, -0.15) is 0 Å². The van der Waals surface area contributed by atoms with Gasteiger partial charge < -0.3 is 9.73 Å². The van der Waals surface area contributed by atoms with Crippen LogP contribution in [0.1, 0.15) is 31.1 Å². The Kier molecular flexibility index (Phi) is 5.93. The van der Waals surface area contributed by atoms with E-state index in [0.29, 0.717) is 34.1 Å². The van der Waals surface area contributed by atoms with E-state index >= 15 is 0 Å². The molecule has 1 amide bonds. The van der Waals surface area contributed by atoms with Crippen LogP contribution in [0.15, 0.2) is 81.3 Å². The molecule has 2 aromatic carbocycles. The Morgan fingerprint density at radius 3 is 2.65 bits per heavy atom. The lowest BCUT2D eigenvalue weighted by atomic mass is 10.0. The molecule has 3 heterocycles. The molecule has 0 bridgehead atoms. The highest BCUT2D eigenvalue weighted by atomic mass is 32.2. The number of amides is 1. The number of carbonyl (C=O) groups excluding carboxylic acids is 1. The Labute approximate surface area is 199 Å². The largest absolute Gasteiger partial charge is 0.467 e. The van der Waals surface area contributed by atoms with Gasteiger partial charge in [0.25, 0.3) is 5.56 Å². The first-order valence-electron chi connectivity index (χ1n) is 10.9. The molecule has 0 aliphatic rings. The number of carbonyl (C=O) groups is 1. The minimum Gasteiger partial charge on any atom is -0.467 e. The van der Waals surface area contributed by atoms with Crippen molar-refractivity contribution >= 4 is 34.3 Å². The van der Waals surface area contributed by atoms with Crippen LogP contribution in [0, 0.1) is 0 Å². The summed E-state index contributed by atoms with van der Waals surface area (Å²) in [5.74, 6) is 1.31. The monoisotopic (exact) mass is 473 g/mol. The van der Waals surface area contributed by atoms with Crippen molar-refractivity contribution in [2.24, 2.45) is 0 Å². The Balaban J connectivity index is 1.57. The molecule has 0 atom stereocenters. The van der Waals surface area contributed by atoms with E-state index in [-0.39, 0.29) is 23.1 Å². The SMILES string of the molecule is CC(C)c1ccccc1-n1c(=O)c2ccccc2n2c(SCC(=O)NCc3ccco3)nnc12. The zero-order valence-corrected chi connectivity index (χ0v) is 19.6. The fourth-order valence-electron chi connectivity index (χ4n) is 3.95. The van der Waals surface area contributed by atoms with E-state index in [4.69, 9.17) is 4.42 Å². The second-order valence-electron chi connectivity index (χ2n) is 8.13. The Morgan fingerprint density at radius 1 is 1.06 bits per heavy atom. The number of fused-ring (bicyclic) bond motifs is 3. The number of aromatic nitrogens is 4. The molecule has 34 heavy (non-hydrogen) atoms. The zero-order valence-electron chi connectivity index (χ0n) is 18.8. The van der Waals surface area contributed by atoms with Crippen molar-refractivity contribution in [1.29, 1.82) is 0 Å². The summed E-state index contributed by atoms with van der Waals surface area (Å²) in [5, 5.41) is 12.6. The molecule has 5 rings (SSSR count). The van der Waals surface area contributed by atoms with E-state index in [9.17, 15) is 9.59 Å². The van der Waals surface area contributed by atoms with Crippen LogP contribution in [-0.4, -0.2) is 30.8 Å². The van der Waals surface area contributed by atoms with E-state index in [1.807, 2.05) is 46.9 Å². The van der Waals surface area contributed by atoms with Crippen molar-refractivity contribution in [2.45, 2.75) is 31.5 Å². The molecule has 0 aliphatic heterocycles. The highest BCUT2D eigenvalue weighted by Crippen LogP contribution is 2.27. The summed E-state index contributed by atoms with van der Waals surface area (Å²) in [6.07, 6.45) is 1.57. The van der Waals surface area contributed by atoms with Gasteiger partial charge in [-0.1, -0.05) is 55.9 Å². The molecule has 172 valence electrons. The molecule has 0 spiro atoms. The maximum absolute atomic E-state index is 13.6. The average Bonchev–Trinajstić information content (AvgIpc) is 3.52. The first-order valence-corrected chi connectivity index (χ1v) is 11.9. The summed E-state index contributed by atoms with van der Waals surface area (Å²) in [4.78, 5) is 26.0. The summed E-state index contributed by atoms with van der Waals surface area (Å²) in [6, 6.07) is 18.8. The Morgan fingerprint density at radius 2 is 1.85 bits per heavy atom. The van der Waals surface area contributed by atoms with Gasteiger partial charge in [-0.15, -0.1) is 10.2 Å². The Hall–Kier alpha value is -3.85. The van der Waals surface area contributed by atoms with Crippen LogP contribution < -0.4 is 10.9 Å². The molecule has 1 N–H and O–H groups in total. The van der Waals surface area contributed by atoms with Gasteiger partial charge in [0.15, 0.2) is 5.16 Å². The summed E-state index contributed by atoms with van der Waals surface area (Å²) in [6.45, 7) is 4.50. The normalized spacial score (nSPS) is 11.5. The van der Waals surface area contributed by atoms with Crippen molar-refractivity contribution < 1.29 is 9.21 Å². The molecule has 5 aromatic rings. The van der Waals surface area contributed by atoms with Gasteiger partial charge in [0.05, 0.1) is 35.2 Å². The predicted molar refractivity (Wildman–Crippen MR) is 131 cm³/mol. The molecule has 0 saturated carbocycles. The van der Waals surface area contributed by atoms with E-state index in [2.05, 4.69) is 29.4 Å². The number of furan rings is 1.